The van der Waals surface area contributed by atoms with Gasteiger partial charge in [-0.1, -0.05) is 41.4 Å². The Morgan fingerprint density at radius 3 is 2.68 bits per heavy atom. The summed E-state index contributed by atoms with van der Waals surface area (Å²) < 4.78 is 27.7. The van der Waals surface area contributed by atoms with E-state index < -0.39 is 10.0 Å². The van der Waals surface area contributed by atoms with Gasteiger partial charge in [0.15, 0.2) is 5.65 Å². The average molecular weight is 539 g/mol. The van der Waals surface area contributed by atoms with Crippen LogP contribution in [0, 0.1) is 6.92 Å². The van der Waals surface area contributed by atoms with E-state index in [1.165, 1.54) is 16.5 Å². The Hall–Kier alpha value is -3.63. The lowest BCUT2D eigenvalue weighted by Gasteiger charge is -2.33. The topological polar surface area (TPSA) is 109 Å². The third-order valence-electron chi connectivity index (χ3n) is 6.44. The van der Waals surface area contributed by atoms with Crippen LogP contribution in [0.1, 0.15) is 18.4 Å². The average Bonchev–Trinajstić information content (AvgIpc) is 3.35. The molecule has 0 saturated carbocycles. The molecule has 2 aromatic heterocycles. The van der Waals surface area contributed by atoms with Crippen molar-refractivity contribution in [3.8, 4) is 0 Å². The lowest BCUT2D eigenvalue weighted by Crippen LogP contribution is -2.47. The number of hydrogen-bond acceptors (Lipinski definition) is 7. The summed E-state index contributed by atoms with van der Waals surface area (Å²) >= 11 is 6.18. The second kappa shape index (κ2) is 10.4. The predicted molar refractivity (Wildman–Crippen MR) is 144 cm³/mol. The Kier molecular flexibility index (Phi) is 7.03. The van der Waals surface area contributed by atoms with Crippen LogP contribution < -0.4 is 10.6 Å². The highest BCUT2D eigenvalue weighted by molar-refractivity contribution is 7.90. The summed E-state index contributed by atoms with van der Waals surface area (Å²) in [4.78, 5) is 23.5. The number of carbonyl (C=O) groups is 1. The van der Waals surface area contributed by atoms with Gasteiger partial charge in [-0.25, -0.2) is 22.4 Å². The molecule has 1 amide bonds. The van der Waals surface area contributed by atoms with Crippen molar-refractivity contribution in [2.75, 3.05) is 30.3 Å². The highest BCUT2D eigenvalue weighted by Gasteiger charge is 2.26. The summed E-state index contributed by atoms with van der Waals surface area (Å²) in [7, 11) is -3.81. The van der Waals surface area contributed by atoms with Crippen molar-refractivity contribution >= 4 is 50.1 Å². The molecule has 5 rings (SSSR count). The minimum Gasteiger partial charge on any atom is -0.375 e. The number of amides is 1. The molecule has 1 atom stereocenters. The Morgan fingerprint density at radius 2 is 1.89 bits per heavy atom. The van der Waals surface area contributed by atoms with Crippen molar-refractivity contribution in [1.82, 2.24) is 18.8 Å². The van der Waals surface area contributed by atoms with Crippen LogP contribution in [0.3, 0.4) is 0 Å². The fourth-order valence-electron chi connectivity index (χ4n) is 4.46. The van der Waals surface area contributed by atoms with Crippen molar-refractivity contribution in [3.63, 3.8) is 0 Å². The van der Waals surface area contributed by atoms with Gasteiger partial charge in [0.05, 0.1) is 27.5 Å². The summed E-state index contributed by atoms with van der Waals surface area (Å²) in [5, 5.41) is 7.68. The van der Waals surface area contributed by atoms with Crippen molar-refractivity contribution < 1.29 is 13.2 Å². The maximum Gasteiger partial charge on any atom is 0.269 e. The third-order valence-corrected chi connectivity index (χ3v) is 8.45. The molecule has 9 nitrogen and oxygen atoms in total. The van der Waals surface area contributed by atoms with Gasteiger partial charge in [-0.3, -0.25) is 4.79 Å². The molecule has 11 heteroatoms. The van der Waals surface area contributed by atoms with Crippen LogP contribution in [-0.2, 0) is 14.8 Å². The number of nitrogens with one attached hydrogen (secondary N) is 2. The molecule has 3 heterocycles. The van der Waals surface area contributed by atoms with Gasteiger partial charge in [0.1, 0.15) is 12.1 Å². The SMILES string of the molecule is Cc1ccc(S(=O)(=O)n2ccc3c(N[C@H]4CCCN(C(=O)CNc5ccccc5Cl)C4)ncnc32)cc1. The number of carbonyl (C=O) groups excluding carboxylic acids is 1. The zero-order chi connectivity index (χ0) is 26.0. The molecule has 0 bridgehead atoms. The number of aromatic nitrogens is 3. The zero-order valence-electron chi connectivity index (χ0n) is 20.3. The summed E-state index contributed by atoms with van der Waals surface area (Å²) in [6, 6.07) is 15.7. The van der Waals surface area contributed by atoms with Crippen molar-refractivity contribution in [1.29, 1.82) is 0 Å². The molecule has 1 fully saturated rings. The largest absolute Gasteiger partial charge is 0.375 e. The van der Waals surface area contributed by atoms with Gasteiger partial charge >= 0.3 is 0 Å². The fourth-order valence-corrected chi connectivity index (χ4v) is 5.97. The molecular formula is C26H27ClN6O3S. The van der Waals surface area contributed by atoms with Crippen molar-refractivity contribution in [2.24, 2.45) is 0 Å². The maximum absolute atomic E-state index is 13.2. The van der Waals surface area contributed by atoms with E-state index in [2.05, 4.69) is 20.6 Å². The first-order valence-electron chi connectivity index (χ1n) is 12.0. The van der Waals surface area contributed by atoms with Gasteiger partial charge in [0, 0.05) is 25.3 Å². The van der Waals surface area contributed by atoms with E-state index in [4.69, 9.17) is 11.6 Å². The highest BCUT2D eigenvalue weighted by Crippen LogP contribution is 2.26. The molecule has 1 aliphatic rings. The van der Waals surface area contributed by atoms with Crippen LogP contribution in [0.4, 0.5) is 11.5 Å². The zero-order valence-corrected chi connectivity index (χ0v) is 21.8. The molecular weight excluding hydrogens is 512 g/mol. The number of benzene rings is 2. The molecule has 4 aromatic rings. The van der Waals surface area contributed by atoms with Gasteiger partial charge < -0.3 is 15.5 Å². The number of para-hydroxylation sites is 1. The first-order valence-corrected chi connectivity index (χ1v) is 13.8. The number of hydrogen-bond donors (Lipinski definition) is 2. The maximum atomic E-state index is 13.2. The molecule has 2 N–H and O–H groups in total. The molecule has 0 aliphatic carbocycles. The molecule has 2 aromatic carbocycles. The first kappa shape index (κ1) is 25.0. The second-order valence-corrected chi connectivity index (χ2v) is 11.3. The van der Waals surface area contributed by atoms with Crippen LogP contribution in [0.2, 0.25) is 5.02 Å². The monoisotopic (exact) mass is 538 g/mol. The first-order chi connectivity index (χ1) is 17.8. The summed E-state index contributed by atoms with van der Waals surface area (Å²) in [5.74, 6) is 0.519. The predicted octanol–water partition coefficient (Wildman–Crippen LogP) is 4.15. The molecule has 0 spiro atoms. The number of rotatable bonds is 7. The molecule has 1 saturated heterocycles. The normalized spacial score (nSPS) is 16.1. The smallest absolute Gasteiger partial charge is 0.269 e. The second-order valence-electron chi connectivity index (χ2n) is 9.05. The van der Waals surface area contributed by atoms with E-state index in [9.17, 15) is 13.2 Å². The molecule has 0 unspecified atom stereocenters. The van der Waals surface area contributed by atoms with Crippen molar-refractivity contribution in [2.45, 2.75) is 30.7 Å². The quantitative estimate of drug-likeness (QED) is 0.364. The summed E-state index contributed by atoms with van der Waals surface area (Å²) in [6.07, 6.45) is 4.55. The van der Waals surface area contributed by atoms with Crippen molar-refractivity contribution in [3.05, 3.63) is 77.7 Å². The fraction of sp³-hybridized carbons (Fsp3) is 0.269. The van der Waals surface area contributed by atoms with E-state index >= 15 is 0 Å². The Morgan fingerprint density at radius 1 is 1.11 bits per heavy atom. The Bertz CT molecular complexity index is 1540. The number of piperidine rings is 1. The minimum atomic E-state index is -3.81. The van der Waals surface area contributed by atoms with Crippen LogP contribution >= 0.6 is 11.6 Å². The molecule has 1 aliphatic heterocycles. The van der Waals surface area contributed by atoms with Gasteiger partial charge in [0.25, 0.3) is 10.0 Å². The van der Waals surface area contributed by atoms with Gasteiger partial charge in [0.2, 0.25) is 5.91 Å². The number of likely N-dealkylation sites (tertiary alicyclic amines) is 1. The lowest BCUT2D eigenvalue weighted by molar-refractivity contribution is -0.130. The van der Waals surface area contributed by atoms with Crippen LogP contribution in [0.15, 0.2) is 72.0 Å². The van der Waals surface area contributed by atoms with Gasteiger partial charge in [-0.15, -0.1) is 0 Å². The minimum absolute atomic E-state index is 0.0189. The van der Waals surface area contributed by atoms with Gasteiger partial charge in [-0.05, 0) is 50.1 Å². The lowest BCUT2D eigenvalue weighted by atomic mass is 10.1. The van der Waals surface area contributed by atoms with Crippen LogP contribution in [0.25, 0.3) is 11.0 Å². The molecule has 0 radical (unpaired) electrons. The standard InChI is InChI=1S/C26H27ClN6O3S/c1-18-8-10-20(11-9-18)37(35,36)33-14-12-21-25(29-17-30-26(21)33)31-19-5-4-13-32(16-19)24(34)15-28-23-7-3-2-6-22(23)27/h2-3,6-12,14,17,19,28H,4-5,13,15-16H2,1H3,(H,29,30,31)/t19-/m0/s1. The van der Waals surface area contributed by atoms with E-state index in [1.54, 1.807) is 36.4 Å². The van der Waals surface area contributed by atoms with Gasteiger partial charge in [-0.2, -0.15) is 0 Å². The van der Waals surface area contributed by atoms with E-state index in [0.717, 1.165) is 24.1 Å². The Balaban J connectivity index is 1.30. The van der Waals surface area contributed by atoms with E-state index in [1.807, 2.05) is 30.0 Å². The summed E-state index contributed by atoms with van der Waals surface area (Å²) in [6.45, 7) is 3.23. The number of nitrogens with zero attached hydrogens (tertiary/aromatic N) is 4. The van der Waals surface area contributed by atoms with Crippen LogP contribution in [-0.4, -0.2) is 58.8 Å². The number of aryl methyl sites for hydroxylation is 1. The Labute approximate surface area is 220 Å². The van der Waals surface area contributed by atoms with E-state index in [0.29, 0.717) is 35.0 Å². The molecule has 37 heavy (non-hydrogen) atoms. The highest BCUT2D eigenvalue weighted by atomic mass is 35.5. The number of fused-ring (bicyclic) bond motifs is 1. The van der Waals surface area contributed by atoms with Crippen LogP contribution in [0.5, 0.6) is 0 Å². The third kappa shape index (κ3) is 5.26. The number of anilines is 2. The number of halogens is 1. The molecule has 192 valence electrons. The summed E-state index contributed by atoms with van der Waals surface area (Å²) in [5.41, 5.74) is 1.99. The van der Waals surface area contributed by atoms with E-state index in [-0.39, 0.29) is 23.4 Å².